The van der Waals surface area contributed by atoms with Crippen molar-refractivity contribution in [3.05, 3.63) is 11.8 Å². The fourth-order valence-electron chi connectivity index (χ4n) is 3.98. The SMILES string of the molecule is C[CH2][Ge]([CH2]C)([CH2]C)[O]C1=CC2CCC1(C)C2(C)C. The predicted octanol–water partition coefficient (Wildman–Crippen LogP) is 5.35. The van der Waals surface area contributed by atoms with Crippen molar-refractivity contribution < 1.29 is 3.76 Å². The molecule has 1 nitrogen and oxygen atoms in total. The summed E-state index contributed by atoms with van der Waals surface area (Å²) in [7, 11) is 0. The van der Waals surface area contributed by atoms with Gasteiger partial charge in [0.05, 0.1) is 0 Å². The molecule has 2 heteroatoms. The summed E-state index contributed by atoms with van der Waals surface area (Å²) in [6.45, 7) is 14.3. The van der Waals surface area contributed by atoms with Gasteiger partial charge in [-0.1, -0.05) is 0 Å². The Kier molecular flexibility index (Phi) is 3.68. The molecule has 0 aromatic carbocycles. The summed E-state index contributed by atoms with van der Waals surface area (Å²) in [6.07, 6.45) is 5.18. The van der Waals surface area contributed by atoms with Crippen LogP contribution < -0.4 is 0 Å². The summed E-state index contributed by atoms with van der Waals surface area (Å²) in [5.41, 5.74) is 0.721. The van der Waals surface area contributed by atoms with E-state index in [0.717, 1.165) is 5.92 Å². The zero-order valence-electron chi connectivity index (χ0n) is 13.1. The Balaban J connectivity index is 2.25. The van der Waals surface area contributed by atoms with Gasteiger partial charge in [0.1, 0.15) is 0 Å². The average Bonchev–Trinajstić information content (AvgIpc) is 2.69. The van der Waals surface area contributed by atoms with Crippen LogP contribution in [0.4, 0.5) is 0 Å². The monoisotopic (exact) mass is 312 g/mol. The fourth-order valence-corrected chi connectivity index (χ4v) is 9.63. The van der Waals surface area contributed by atoms with Crippen LogP contribution in [0.25, 0.3) is 0 Å². The van der Waals surface area contributed by atoms with Gasteiger partial charge in [0.15, 0.2) is 0 Å². The van der Waals surface area contributed by atoms with Gasteiger partial charge in [0, 0.05) is 0 Å². The van der Waals surface area contributed by atoms with Gasteiger partial charge in [0.25, 0.3) is 0 Å². The standard InChI is InChI=1S/C16H30GeO/c1-7-17(8-2,9-3)18-14-12-13-10-11-16(14,6)15(13,4)5/h12-13H,7-11H2,1-6H3. The van der Waals surface area contributed by atoms with Gasteiger partial charge in [-0.05, 0) is 0 Å². The van der Waals surface area contributed by atoms with Crippen molar-refractivity contribution in [2.24, 2.45) is 16.7 Å². The zero-order valence-corrected chi connectivity index (χ0v) is 15.2. The topological polar surface area (TPSA) is 9.23 Å². The van der Waals surface area contributed by atoms with Gasteiger partial charge in [-0.25, -0.2) is 0 Å². The molecule has 0 aromatic heterocycles. The molecule has 0 amide bonds. The van der Waals surface area contributed by atoms with Gasteiger partial charge >= 0.3 is 116 Å². The molecule has 1 saturated carbocycles. The van der Waals surface area contributed by atoms with Crippen molar-refractivity contribution in [1.82, 2.24) is 0 Å². The summed E-state index contributed by atoms with van der Waals surface area (Å²) in [4.78, 5) is 0. The van der Waals surface area contributed by atoms with Crippen LogP contribution in [0.2, 0.25) is 15.8 Å². The van der Waals surface area contributed by atoms with Gasteiger partial charge in [0.2, 0.25) is 0 Å². The third-order valence-corrected chi connectivity index (χ3v) is 15.9. The second kappa shape index (κ2) is 4.57. The Morgan fingerprint density at radius 3 is 2.06 bits per heavy atom. The van der Waals surface area contributed by atoms with Crippen LogP contribution in [0.3, 0.4) is 0 Å². The minimum absolute atomic E-state index is 0.313. The van der Waals surface area contributed by atoms with E-state index in [-0.39, 0.29) is 0 Å². The molecule has 2 rings (SSSR count). The molecule has 0 radical (unpaired) electrons. The maximum absolute atomic E-state index is 6.77. The van der Waals surface area contributed by atoms with Crippen molar-refractivity contribution >= 4 is 13.6 Å². The quantitative estimate of drug-likeness (QED) is 0.622. The zero-order chi connectivity index (χ0) is 13.6. The summed E-state index contributed by atoms with van der Waals surface area (Å²) >= 11 is -2.04. The first-order chi connectivity index (χ1) is 8.35. The van der Waals surface area contributed by atoms with Crippen LogP contribution in [0.15, 0.2) is 11.8 Å². The van der Waals surface area contributed by atoms with Crippen molar-refractivity contribution in [2.45, 2.75) is 70.1 Å². The number of rotatable bonds is 5. The Bertz CT molecular complexity index is 346. The molecule has 2 bridgehead atoms. The first-order valence-electron chi connectivity index (χ1n) is 7.76. The van der Waals surface area contributed by atoms with Crippen LogP contribution in [0.5, 0.6) is 0 Å². The molecular formula is C16H30GeO. The van der Waals surface area contributed by atoms with E-state index < -0.39 is 13.6 Å². The minimum atomic E-state index is -2.04. The van der Waals surface area contributed by atoms with Crippen molar-refractivity contribution in [3.63, 3.8) is 0 Å². The predicted molar refractivity (Wildman–Crippen MR) is 81.0 cm³/mol. The van der Waals surface area contributed by atoms with E-state index in [1.807, 2.05) is 0 Å². The van der Waals surface area contributed by atoms with Gasteiger partial charge < -0.3 is 0 Å². The molecule has 0 saturated heterocycles. The normalized spacial score (nSPS) is 33.7. The van der Waals surface area contributed by atoms with E-state index in [4.69, 9.17) is 3.76 Å². The fraction of sp³-hybridized carbons (Fsp3) is 0.875. The van der Waals surface area contributed by atoms with Crippen LogP contribution in [-0.2, 0) is 3.76 Å². The molecular weight excluding hydrogens is 281 g/mol. The Labute approximate surface area is 116 Å². The van der Waals surface area contributed by atoms with Crippen LogP contribution in [-0.4, -0.2) is 13.6 Å². The summed E-state index contributed by atoms with van der Waals surface area (Å²) < 4.78 is 6.77. The first-order valence-corrected chi connectivity index (χ1v) is 13.1. The molecule has 0 aromatic rings. The van der Waals surface area contributed by atoms with Gasteiger partial charge in [-0.3, -0.25) is 0 Å². The molecule has 0 spiro atoms. The van der Waals surface area contributed by atoms with E-state index in [0.29, 0.717) is 10.8 Å². The summed E-state index contributed by atoms with van der Waals surface area (Å²) in [5, 5.41) is 3.89. The van der Waals surface area contributed by atoms with Crippen LogP contribution in [0, 0.1) is 16.7 Å². The molecule has 0 N–H and O–H groups in total. The van der Waals surface area contributed by atoms with Crippen LogP contribution >= 0.6 is 0 Å². The molecule has 2 atom stereocenters. The average molecular weight is 311 g/mol. The Morgan fingerprint density at radius 1 is 1.17 bits per heavy atom. The van der Waals surface area contributed by atoms with Crippen molar-refractivity contribution in [3.8, 4) is 0 Å². The van der Waals surface area contributed by atoms with Gasteiger partial charge in [-0.15, -0.1) is 0 Å². The number of hydrogen-bond donors (Lipinski definition) is 0. The number of hydrogen-bond acceptors (Lipinski definition) is 1. The summed E-state index contributed by atoms with van der Waals surface area (Å²) in [5.74, 6) is 2.14. The second-order valence-electron chi connectivity index (χ2n) is 7.08. The van der Waals surface area contributed by atoms with E-state index in [2.05, 4.69) is 47.6 Å². The molecule has 18 heavy (non-hydrogen) atoms. The second-order valence-corrected chi connectivity index (χ2v) is 16.9. The third-order valence-electron chi connectivity index (χ3n) is 6.46. The third kappa shape index (κ3) is 1.80. The molecule has 104 valence electrons. The molecule has 0 aliphatic heterocycles. The maximum atomic E-state index is 6.77. The van der Waals surface area contributed by atoms with E-state index in [1.54, 1.807) is 0 Å². The number of fused-ring (bicyclic) bond motifs is 2. The molecule has 2 aliphatic rings. The van der Waals surface area contributed by atoms with Crippen molar-refractivity contribution in [2.75, 3.05) is 0 Å². The van der Waals surface area contributed by atoms with E-state index in [1.165, 1.54) is 34.4 Å². The Hall–Kier alpha value is 0.0829. The number of allylic oxidation sites excluding steroid dienone is 2. The summed E-state index contributed by atoms with van der Waals surface area (Å²) in [6, 6.07) is 0. The van der Waals surface area contributed by atoms with Gasteiger partial charge in [-0.2, -0.15) is 0 Å². The molecule has 2 aliphatic carbocycles. The van der Waals surface area contributed by atoms with E-state index >= 15 is 0 Å². The van der Waals surface area contributed by atoms with E-state index in [9.17, 15) is 0 Å². The molecule has 2 unspecified atom stereocenters. The molecule has 0 heterocycles. The van der Waals surface area contributed by atoms with Crippen molar-refractivity contribution in [1.29, 1.82) is 0 Å². The first kappa shape index (κ1) is 14.5. The Morgan fingerprint density at radius 2 is 1.72 bits per heavy atom. The van der Waals surface area contributed by atoms with Crippen LogP contribution in [0.1, 0.15) is 54.4 Å². The molecule has 1 fully saturated rings.